The molecule has 0 bridgehead atoms. The van der Waals surface area contributed by atoms with E-state index in [9.17, 15) is 4.39 Å². The predicted molar refractivity (Wildman–Crippen MR) is 114 cm³/mol. The van der Waals surface area contributed by atoms with E-state index in [1.165, 1.54) is 13.1 Å². The van der Waals surface area contributed by atoms with Crippen LogP contribution in [0.25, 0.3) is 10.9 Å². The van der Waals surface area contributed by atoms with Crippen LogP contribution in [0.1, 0.15) is 13.0 Å². The highest BCUT2D eigenvalue weighted by Crippen LogP contribution is 2.23. The number of hydrazine groups is 1. The summed E-state index contributed by atoms with van der Waals surface area (Å²) in [5.41, 5.74) is 3.71. The zero-order chi connectivity index (χ0) is 18.4. The van der Waals surface area contributed by atoms with Gasteiger partial charge in [0.25, 0.3) is 0 Å². The Morgan fingerprint density at radius 3 is 2.42 bits per heavy atom. The minimum atomic E-state index is -0.368. The van der Waals surface area contributed by atoms with Crippen molar-refractivity contribution in [3.05, 3.63) is 56.7 Å². The van der Waals surface area contributed by atoms with Gasteiger partial charge in [0.05, 0.1) is 11.1 Å². The summed E-state index contributed by atoms with van der Waals surface area (Å²) in [5, 5.41) is 11.2. The summed E-state index contributed by atoms with van der Waals surface area (Å²) in [5.74, 6) is 6.01. The van der Waals surface area contributed by atoms with Crippen LogP contribution >= 0.6 is 31.9 Å². The number of H-pyrrole nitrogens is 1. The van der Waals surface area contributed by atoms with Gasteiger partial charge in [-0.05, 0) is 36.4 Å². The van der Waals surface area contributed by atoms with Crippen molar-refractivity contribution in [3.63, 3.8) is 0 Å². The Bertz CT molecular complexity index is 894. The highest BCUT2D eigenvalue weighted by Gasteiger charge is 2.07. The van der Waals surface area contributed by atoms with Crippen LogP contribution < -0.4 is 16.6 Å². The zero-order valence-corrected chi connectivity index (χ0v) is 16.7. The van der Waals surface area contributed by atoms with Crippen molar-refractivity contribution in [2.24, 2.45) is 10.8 Å². The normalized spacial score (nSPS) is 10.6. The lowest BCUT2D eigenvalue weighted by atomic mass is 10.2. The fourth-order valence-electron chi connectivity index (χ4n) is 2.13. The highest BCUT2D eigenvalue weighted by molar-refractivity contribution is 9.10. The molecular weight excluding hydrogens is 467 g/mol. The van der Waals surface area contributed by atoms with Gasteiger partial charge in [-0.15, -0.1) is 0 Å². The van der Waals surface area contributed by atoms with E-state index in [0.29, 0.717) is 15.9 Å². The van der Waals surface area contributed by atoms with E-state index in [4.69, 9.17) is 5.84 Å². The molecule has 0 radical (unpaired) electrons. The van der Waals surface area contributed by atoms with E-state index >= 15 is 0 Å². The molecule has 3 rings (SSSR count). The molecule has 6 nitrogen and oxygen atoms in total. The second-order valence-corrected chi connectivity index (χ2v) is 6.68. The van der Waals surface area contributed by atoms with Gasteiger partial charge >= 0.3 is 0 Å². The summed E-state index contributed by atoms with van der Waals surface area (Å²) in [7, 11) is 3.40. The summed E-state index contributed by atoms with van der Waals surface area (Å²) < 4.78 is 15.0. The molecule has 0 amide bonds. The molecule has 0 fully saturated rings. The number of benzene rings is 2. The molecule has 1 heterocycles. The Hall–Kier alpha value is -1.97. The molecule has 2 aromatic carbocycles. The highest BCUT2D eigenvalue weighted by atomic mass is 79.9. The number of nitrogens with zero attached hydrogens (tertiary/aromatic N) is 2. The van der Waals surface area contributed by atoms with Gasteiger partial charge in [-0.3, -0.25) is 10.1 Å². The second kappa shape index (κ2) is 10.2. The van der Waals surface area contributed by atoms with E-state index in [1.54, 1.807) is 12.1 Å². The third-order valence-electron chi connectivity index (χ3n) is 3.31. The van der Waals surface area contributed by atoms with Crippen molar-refractivity contribution in [3.8, 4) is 0 Å². The first-order valence-corrected chi connectivity index (χ1v) is 8.79. The SMILES string of the molecule is C.CN=C(NN)c1ccc(Br)cc1F.CNc1n[nH]c2cc(Br)ccc12. The average Bonchev–Trinajstić information content (AvgIpc) is 3.00. The maximum atomic E-state index is 13.3. The van der Waals surface area contributed by atoms with Gasteiger partial charge in [-0.1, -0.05) is 39.3 Å². The zero-order valence-electron chi connectivity index (χ0n) is 13.6. The first kappa shape index (κ1) is 22.1. The fraction of sp³-hybridized carbons (Fsp3) is 0.176. The van der Waals surface area contributed by atoms with Crippen molar-refractivity contribution in [2.75, 3.05) is 19.4 Å². The number of aliphatic imine (C=N–C) groups is 1. The number of anilines is 1. The maximum Gasteiger partial charge on any atom is 0.155 e. The Balaban J connectivity index is 0.000000251. The molecule has 0 saturated carbocycles. The van der Waals surface area contributed by atoms with Crippen molar-refractivity contribution in [1.82, 2.24) is 15.6 Å². The third-order valence-corrected chi connectivity index (χ3v) is 4.29. The number of aromatic nitrogens is 2. The molecule has 0 unspecified atom stereocenters. The van der Waals surface area contributed by atoms with Crippen molar-refractivity contribution >= 4 is 54.4 Å². The summed E-state index contributed by atoms with van der Waals surface area (Å²) in [4.78, 5) is 3.79. The number of amidine groups is 1. The smallest absolute Gasteiger partial charge is 0.155 e. The standard InChI is InChI=1S/C8H9BrFN3.C8H8BrN3.CH4/c1-12-8(13-11)6-3-2-5(9)4-7(6)10;1-10-8-6-3-2-5(9)4-7(6)11-12-8;/h2-4H,11H2,1H3,(H,12,13);2-4H,1H3,(H2,10,11,12);1H4. The van der Waals surface area contributed by atoms with Gasteiger partial charge in [-0.25, -0.2) is 10.2 Å². The number of aromatic amines is 1. The molecule has 0 saturated heterocycles. The molecule has 5 N–H and O–H groups in total. The second-order valence-electron chi connectivity index (χ2n) is 4.85. The van der Waals surface area contributed by atoms with E-state index in [-0.39, 0.29) is 13.2 Å². The molecule has 26 heavy (non-hydrogen) atoms. The van der Waals surface area contributed by atoms with Gasteiger partial charge in [0.2, 0.25) is 0 Å². The van der Waals surface area contributed by atoms with Crippen molar-refractivity contribution in [1.29, 1.82) is 0 Å². The summed E-state index contributed by atoms with van der Waals surface area (Å²) in [6.07, 6.45) is 0. The van der Waals surface area contributed by atoms with Crippen LogP contribution in [0.3, 0.4) is 0 Å². The number of fused-ring (bicyclic) bond motifs is 1. The monoisotopic (exact) mass is 486 g/mol. The van der Waals surface area contributed by atoms with E-state index in [0.717, 1.165) is 21.2 Å². The first-order chi connectivity index (χ1) is 12.0. The van der Waals surface area contributed by atoms with Crippen LogP contribution in [0.5, 0.6) is 0 Å². The van der Waals surface area contributed by atoms with E-state index in [1.807, 2.05) is 25.2 Å². The quantitative estimate of drug-likeness (QED) is 0.186. The maximum absolute atomic E-state index is 13.3. The summed E-state index contributed by atoms with van der Waals surface area (Å²) in [6, 6.07) is 10.7. The Morgan fingerprint density at radius 2 is 1.85 bits per heavy atom. The van der Waals surface area contributed by atoms with Gasteiger partial charge in [-0.2, -0.15) is 5.10 Å². The Morgan fingerprint density at radius 1 is 1.19 bits per heavy atom. The van der Waals surface area contributed by atoms with Crippen LogP contribution in [0, 0.1) is 5.82 Å². The van der Waals surface area contributed by atoms with Crippen molar-refractivity contribution in [2.45, 2.75) is 7.43 Å². The van der Waals surface area contributed by atoms with E-state index in [2.05, 4.69) is 57.8 Å². The lowest BCUT2D eigenvalue weighted by Crippen LogP contribution is -2.31. The number of nitrogens with one attached hydrogen (secondary N) is 3. The molecule has 0 atom stereocenters. The minimum absolute atomic E-state index is 0. The third kappa shape index (κ3) is 5.26. The number of rotatable bonds is 2. The molecule has 0 aliphatic heterocycles. The van der Waals surface area contributed by atoms with Crippen LogP contribution in [-0.2, 0) is 0 Å². The van der Waals surface area contributed by atoms with Gasteiger partial charge in [0, 0.05) is 28.4 Å². The van der Waals surface area contributed by atoms with Gasteiger partial charge in [0.15, 0.2) is 5.82 Å². The molecular formula is C17H21Br2FN6. The fourth-order valence-corrected chi connectivity index (χ4v) is 2.82. The molecule has 0 aliphatic carbocycles. The number of hydrogen-bond acceptors (Lipinski definition) is 4. The largest absolute Gasteiger partial charge is 0.371 e. The summed E-state index contributed by atoms with van der Waals surface area (Å²) >= 11 is 6.55. The predicted octanol–water partition coefficient (Wildman–Crippen LogP) is 4.43. The Kier molecular flexibility index (Phi) is 8.70. The number of nitrogens with two attached hydrogens (primary N) is 1. The molecule has 9 heteroatoms. The van der Waals surface area contributed by atoms with E-state index < -0.39 is 0 Å². The molecule has 3 aromatic rings. The van der Waals surface area contributed by atoms with Gasteiger partial charge in [0.1, 0.15) is 11.7 Å². The van der Waals surface area contributed by atoms with Crippen molar-refractivity contribution < 1.29 is 4.39 Å². The minimum Gasteiger partial charge on any atom is -0.371 e. The molecule has 0 spiro atoms. The lowest BCUT2D eigenvalue weighted by molar-refractivity contribution is 0.623. The molecule has 0 aliphatic rings. The Labute approximate surface area is 168 Å². The van der Waals surface area contributed by atoms with Crippen LogP contribution in [0.4, 0.5) is 10.2 Å². The van der Waals surface area contributed by atoms with Gasteiger partial charge < -0.3 is 10.7 Å². The summed E-state index contributed by atoms with van der Waals surface area (Å²) in [6.45, 7) is 0. The molecule has 140 valence electrons. The number of halogens is 3. The number of hydrogen-bond donors (Lipinski definition) is 4. The topological polar surface area (TPSA) is 91.1 Å². The van der Waals surface area contributed by atoms with Crippen LogP contribution in [0.2, 0.25) is 0 Å². The lowest BCUT2D eigenvalue weighted by Gasteiger charge is -2.05. The van der Waals surface area contributed by atoms with Crippen LogP contribution in [0.15, 0.2) is 50.3 Å². The first-order valence-electron chi connectivity index (χ1n) is 7.20. The molecule has 1 aromatic heterocycles. The average molecular weight is 488 g/mol. The van der Waals surface area contributed by atoms with Crippen LogP contribution in [-0.4, -0.2) is 30.1 Å².